The Morgan fingerprint density at radius 2 is 1.85 bits per heavy atom. The summed E-state index contributed by atoms with van der Waals surface area (Å²) in [5.74, 6) is -1.59. The molecule has 0 radical (unpaired) electrons. The summed E-state index contributed by atoms with van der Waals surface area (Å²) < 4.78 is 15.1. The van der Waals surface area contributed by atoms with Crippen LogP contribution in [0.15, 0.2) is 48.5 Å². The predicted molar refractivity (Wildman–Crippen MR) is 145 cm³/mol. The number of benzene rings is 2. The molecule has 3 N–H and O–H groups in total. The minimum Gasteiger partial charge on any atom is -0.395 e. The van der Waals surface area contributed by atoms with Gasteiger partial charge in [-0.15, -0.1) is 0 Å². The van der Waals surface area contributed by atoms with Gasteiger partial charge in [-0.1, -0.05) is 51.1 Å². The third kappa shape index (κ3) is 6.62. The number of aromatic nitrogens is 2. The van der Waals surface area contributed by atoms with Gasteiger partial charge in [-0.3, -0.25) is 19.1 Å². The van der Waals surface area contributed by atoms with Crippen LogP contribution in [0.4, 0.5) is 4.39 Å². The molecule has 4 rings (SSSR count). The molecule has 1 aromatic heterocycles. The van der Waals surface area contributed by atoms with Crippen LogP contribution in [0.25, 0.3) is 10.9 Å². The van der Waals surface area contributed by atoms with Crippen molar-refractivity contribution in [3.05, 3.63) is 65.6 Å². The van der Waals surface area contributed by atoms with Gasteiger partial charge in [0.05, 0.1) is 24.6 Å². The summed E-state index contributed by atoms with van der Waals surface area (Å²) in [4.78, 5) is 41.4. The minimum absolute atomic E-state index is 0.145. The fraction of sp³-hybridized carbons (Fsp3) is 0.448. The van der Waals surface area contributed by atoms with Crippen molar-refractivity contribution in [2.45, 2.75) is 46.2 Å². The number of nitrogens with one attached hydrogen (secondary N) is 2. The first-order valence-corrected chi connectivity index (χ1v) is 13.3. The first-order chi connectivity index (χ1) is 18.6. The number of carbonyl (C=O) groups excluding carboxylic acids is 3. The highest BCUT2D eigenvalue weighted by Gasteiger charge is 2.39. The van der Waals surface area contributed by atoms with Gasteiger partial charge in [-0.25, -0.2) is 4.39 Å². The lowest BCUT2D eigenvalue weighted by molar-refractivity contribution is -0.139. The number of fused-ring (bicyclic) bond motifs is 1. The number of rotatable bonds is 8. The highest BCUT2D eigenvalue weighted by atomic mass is 19.1. The zero-order valence-electron chi connectivity index (χ0n) is 22.6. The van der Waals surface area contributed by atoms with E-state index in [1.54, 1.807) is 21.7 Å². The Kier molecular flexibility index (Phi) is 8.64. The second kappa shape index (κ2) is 11.9. The molecule has 1 aliphatic rings. The van der Waals surface area contributed by atoms with E-state index >= 15 is 0 Å². The monoisotopic (exact) mass is 537 g/mol. The molecule has 0 spiro atoms. The van der Waals surface area contributed by atoms with E-state index in [9.17, 15) is 18.8 Å². The van der Waals surface area contributed by atoms with E-state index in [0.717, 1.165) is 11.1 Å². The maximum absolute atomic E-state index is 13.7. The molecular weight excluding hydrogens is 501 g/mol. The number of aliphatic hydroxyl groups excluding tert-OH is 1. The molecule has 0 saturated carbocycles. The molecular formula is C29H36FN5O4. The van der Waals surface area contributed by atoms with Gasteiger partial charge in [-0.2, -0.15) is 5.10 Å². The van der Waals surface area contributed by atoms with Gasteiger partial charge in [0, 0.05) is 25.0 Å². The van der Waals surface area contributed by atoms with Crippen molar-refractivity contribution in [1.82, 2.24) is 25.3 Å². The molecule has 3 amide bonds. The quantitative estimate of drug-likeness (QED) is 0.409. The van der Waals surface area contributed by atoms with Gasteiger partial charge in [0.15, 0.2) is 5.69 Å². The standard InChI is InChI=1S/C29H36FN5O4/c1-29(2,3)25(28(39)34-15-6-7-20(18-34)26(37)31-14-16-36)32-27(38)24-22-8-4-5-9-23(22)35(33-24)17-19-10-12-21(30)13-11-19/h4-5,8-13,20,25,36H,6-7,14-18H2,1-3H3,(H,31,37)(H,32,38)/t20?,25-/m1/s1. The highest BCUT2D eigenvalue weighted by molar-refractivity contribution is 6.06. The number of likely N-dealkylation sites (tertiary alicyclic amines) is 1. The van der Waals surface area contributed by atoms with Crippen LogP contribution in [-0.4, -0.2) is 69.8 Å². The summed E-state index contributed by atoms with van der Waals surface area (Å²) in [6.07, 6.45) is 1.33. The van der Waals surface area contributed by atoms with Crippen LogP contribution in [0, 0.1) is 17.2 Å². The number of hydrogen-bond acceptors (Lipinski definition) is 5. The predicted octanol–water partition coefficient (Wildman–Crippen LogP) is 2.72. The first kappa shape index (κ1) is 28.2. The largest absolute Gasteiger partial charge is 0.395 e. The number of piperidine rings is 1. The summed E-state index contributed by atoms with van der Waals surface area (Å²) in [5.41, 5.74) is 1.18. The molecule has 1 unspecified atom stereocenters. The van der Waals surface area contributed by atoms with E-state index in [-0.39, 0.29) is 48.9 Å². The number of aliphatic hydroxyl groups is 1. The van der Waals surface area contributed by atoms with Crippen molar-refractivity contribution in [1.29, 1.82) is 0 Å². The summed E-state index contributed by atoms with van der Waals surface area (Å²) in [5, 5.41) is 19.9. The lowest BCUT2D eigenvalue weighted by atomic mass is 9.84. The maximum Gasteiger partial charge on any atom is 0.273 e. The number of halogens is 1. The lowest BCUT2D eigenvalue weighted by Gasteiger charge is -2.38. The van der Waals surface area contributed by atoms with Crippen molar-refractivity contribution in [3.8, 4) is 0 Å². The topological polar surface area (TPSA) is 117 Å². The smallest absolute Gasteiger partial charge is 0.273 e. The Bertz CT molecular complexity index is 1330. The number of amides is 3. The fourth-order valence-electron chi connectivity index (χ4n) is 4.92. The maximum atomic E-state index is 13.7. The van der Waals surface area contributed by atoms with Gasteiger partial charge >= 0.3 is 0 Å². The Balaban J connectivity index is 1.55. The number of hydrogen-bond donors (Lipinski definition) is 3. The van der Waals surface area contributed by atoms with Gasteiger partial charge in [-0.05, 0) is 42.0 Å². The average Bonchev–Trinajstić information content (AvgIpc) is 3.29. The Morgan fingerprint density at radius 1 is 1.13 bits per heavy atom. The minimum atomic E-state index is -0.842. The van der Waals surface area contributed by atoms with Crippen LogP contribution >= 0.6 is 0 Å². The molecule has 1 fully saturated rings. The van der Waals surface area contributed by atoms with Crippen molar-refractivity contribution in [2.75, 3.05) is 26.2 Å². The number of carbonyl (C=O) groups is 3. The van der Waals surface area contributed by atoms with Crippen LogP contribution in [0.2, 0.25) is 0 Å². The molecule has 2 aromatic carbocycles. The van der Waals surface area contributed by atoms with E-state index in [1.807, 2.05) is 45.0 Å². The van der Waals surface area contributed by atoms with Gasteiger partial charge in [0.1, 0.15) is 11.9 Å². The van der Waals surface area contributed by atoms with Crippen LogP contribution in [0.5, 0.6) is 0 Å². The molecule has 1 saturated heterocycles. The third-order valence-corrected chi connectivity index (χ3v) is 7.02. The molecule has 3 aromatic rings. The second-order valence-corrected chi connectivity index (χ2v) is 11.1. The first-order valence-electron chi connectivity index (χ1n) is 13.3. The summed E-state index contributed by atoms with van der Waals surface area (Å²) in [6, 6.07) is 12.6. The number of nitrogens with zero attached hydrogens (tertiary/aromatic N) is 3. The molecule has 2 atom stereocenters. The van der Waals surface area contributed by atoms with Crippen LogP contribution in [0.3, 0.4) is 0 Å². The van der Waals surface area contributed by atoms with Gasteiger partial charge in [0.25, 0.3) is 5.91 Å². The van der Waals surface area contributed by atoms with E-state index < -0.39 is 17.4 Å². The van der Waals surface area contributed by atoms with Gasteiger partial charge < -0.3 is 20.6 Å². The summed E-state index contributed by atoms with van der Waals surface area (Å²) in [6.45, 7) is 6.79. The van der Waals surface area contributed by atoms with E-state index in [1.165, 1.54) is 12.1 Å². The lowest BCUT2D eigenvalue weighted by Crippen LogP contribution is -2.57. The zero-order valence-corrected chi connectivity index (χ0v) is 22.6. The molecule has 2 heterocycles. The number of para-hydroxylation sites is 1. The third-order valence-electron chi connectivity index (χ3n) is 7.02. The molecule has 9 nitrogen and oxygen atoms in total. The van der Waals surface area contributed by atoms with Crippen LogP contribution < -0.4 is 10.6 Å². The Morgan fingerprint density at radius 3 is 2.54 bits per heavy atom. The normalized spacial score (nSPS) is 16.6. The fourth-order valence-corrected chi connectivity index (χ4v) is 4.92. The van der Waals surface area contributed by atoms with Gasteiger partial charge in [0.2, 0.25) is 11.8 Å². The van der Waals surface area contributed by atoms with Crippen molar-refractivity contribution in [3.63, 3.8) is 0 Å². The van der Waals surface area contributed by atoms with Crippen LogP contribution in [-0.2, 0) is 16.1 Å². The van der Waals surface area contributed by atoms with Crippen LogP contribution in [0.1, 0.15) is 49.7 Å². The van der Waals surface area contributed by atoms with Crippen molar-refractivity contribution >= 4 is 28.6 Å². The van der Waals surface area contributed by atoms with E-state index in [0.29, 0.717) is 31.3 Å². The Hall–Kier alpha value is -3.79. The second-order valence-electron chi connectivity index (χ2n) is 11.1. The Labute approximate surface area is 227 Å². The summed E-state index contributed by atoms with van der Waals surface area (Å²) in [7, 11) is 0. The molecule has 10 heteroatoms. The molecule has 0 aliphatic carbocycles. The zero-order chi connectivity index (χ0) is 28.2. The van der Waals surface area contributed by atoms with E-state index in [2.05, 4.69) is 15.7 Å². The SMILES string of the molecule is CC(C)(C)[C@H](NC(=O)c1nn(Cc2ccc(F)cc2)c2ccccc12)C(=O)N1CCCC(C(=O)NCCO)C1. The molecule has 39 heavy (non-hydrogen) atoms. The van der Waals surface area contributed by atoms with Crippen molar-refractivity contribution < 1.29 is 23.9 Å². The molecule has 208 valence electrons. The molecule has 1 aliphatic heterocycles. The van der Waals surface area contributed by atoms with Crippen molar-refractivity contribution in [2.24, 2.45) is 11.3 Å². The molecule has 0 bridgehead atoms. The average molecular weight is 538 g/mol. The van der Waals surface area contributed by atoms with E-state index in [4.69, 9.17) is 5.11 Å². The highest BCUT2D eigenvalue weighted by Crippen LogP contribution is 2.26. The summed E-state index contributed by atoms with van der Waals surface area (Å²) >= 11 is 0.